The summed E-state index contributed by atoms with van der Waals surface area (Å²) in [4.78, 5) is 13.0. The Bertz CT molecular complexity index is 492. The zero-order valence-electron chi connectivity index (χ0n) is 12.3. The first-order valence-electron chi connectivity index (χ1n) is 7.45. The van der Waals surface area contributed by atoms with Gasteiger partial charge in [-0.05, 0) is 43.5 Å². The minimum Gasteiger partial charge on any atom is -0.478 e. The van der Waals surface area contributed by atoms with Crippen LogP contribution in [0.1, 0.15) is 42.1 Å². The summed E-state index contributed by atoms with van der Waals surface area (Å²) >= 11 is 0. The van der Waals surface area contributed by atoms with E-state index >= 15 is 0 Å². The van der Waals surface area contributed by atoms with E-state index in [9.17, 15) is 9.18 Å². The first-order chi connectivity index (χ1) is 10.1. The monoisotopic (exact) mass is 295 g/mol. The molecule has 2 rings (SSSR count). The first-order valence-corrected chi connectivity index (χ1v) is 7.45. The van der Waals surface area contributed by atoms with Gasteiger partial charge in [-0.1, -0.05) is 13.0 Å². The van der Waals surface area contributed by atoms with Crippen LogP contribution in [-0.4, -0.2) is 41.8 Å². The predicted octanol–water partition coefficient (Wildman–Crippen LogP) is 2.91. The quantitative estimate of drug-likeness (QED) is 0.876. The van der Waals surface area contributed by atoms with E-state index in [-0.39, 0.29) is 11.7 Å². The largest absolute Gasteiger partial charge is 0.478 e. The number of carboxylic acid groups (broad SMARTS) is 1. The Kier molecular flexibility index (Phi) is 5.70. The van der Waals surface area contributed by atoms with Gasteiger partial charge < -0.3 is 9.84 Å². The second-order valence-corrected chi connectivity index (χ2v) is 5.49. The highest BCUT2D eigenvalue weighted by Gasteiger charge is 2.20. The van der Waals surface area contributed by atoms with E-state index in [4.69, 9.17) is 9.84 Å². The molecule has 0 aliphatic carbocycles. The summed E-state index contributed by atoms with van der Waals surface area (Å²) < 4.78 is 19.5. The molecule has 1 saturated heterocycles. The molecule has 0 bridgehead atoms. The van der Waals surface area contributed by atoms with E-state index < -0.39 is 11.8 Å². The van der Waals surface area contributed by atoms with Gasteiger partial charge in [0.25, 0.3) is 0 Å². The lowest BCUT2D eigenvalue weighted by Gasteiger charge is -2.32. The number of aromatic carboxylic acids is 1. The van der Waals surface area contributed by atoms with Crippen LogP contribution >= 0.6 is 0 Å². The van der Waals surface area contributed by atoms with Crippen molar-refractivity contribution in [3.05, 3.63) is 35.1 Å². The van der Waals surface area contributed by atoms with Crippen LogP contribution < -0.4 is 0 Å². The van der Waals surface area contributed by atoms with Crippen molar-refractivity contribution in [3.63, 3.8) is 0 Å². The van der Waals surface area contributed by atoms with Gasteiger partial charge >= 0.3 is 5.97 Å². The minimum absolute atomic E-state index is 0.252. The molecule has 116 valence electrons. The maximum Gasteiger partial charge on any atom is 0.338 e. The maximum atomic E-state index is 13.7. The van der Waals surface area contributed by atoms with Crippen LogP contribution in [0.4, 0.5) is 4.39 Å². The molecular weight excluding hydrogens is 273 g/mol. The van der Waals surface area contributed by atoms with Crippen molar-refractivity contribution < 1.29 is 19.0 Å². The van der Waals surface area contributed by atoms with E-state index in [0.717, 1.165) is 44.5 Å². The number of piperidine rings is 1. The maximum absolute atomic E-state index is 13.7. The Morgan fingerprint density at radius 1 is 1.52 bits per heavy atom. The van der Waals surface area contributed by atoms with Gasteiger partial charge in [-0.25, -0.2) is 9.18 Å². The van der Waals surface area contributed by atoms with Crippen LogP contribution in [0.3, 0.4) is 0 Å². The summed E-state index contributed by atoms with van der Waals surface area (Å²) in [5, 5.41) is 8.83. The summed E-state index contributed by atoms with van der Waals surface area (Å²) in [5.74, 6) is -1.90. The fourth-order valence-corrected chi connectivity index (χ4v) is 2.67. The van der Waals surface area contributed by atoms with Crippen molar-refractivity contribution in [2.45, 2.75) is 38.8 Å². The molecule has 0 spiro atoms. The van der Waals surface area contributed by atoms with Gasteiger partial charge in [0.15, 0.2) is 0 Å². The molecule has 1 unspecified atom stereocenters. The third-order valence-corrected chi connectivity index (χ3v) is 3.69. The SMILES string of the molecule is CCCOC1CCCN(Cc2ccc(C(=O)O)c(F)c2)C1. The van der Waals surface area contributed by atoms with Gasteiger partial charge in [-0.15, -0.1) is 0 Å². The summed E-state index contributed by atoms with van der Waals surface area (Å²) in [5.41, 5.74) is 0.523. The molecule has 1 fully saturated rings. The average molecular weight is 295 g/mol. The van der Waals surface area contributed by atoms with Gasteiger partial charge in [-0.3, -0.25) is 4.90 Å². The Labute approximate surface area is 124 Å². The summed E-state index contributed by atoms with van der Waals surface area (Å²) in [6.07, 6.45) is 3.41. The normalized spacial score (nSPS) is 19.6. The number of carboxylic acids is 1. The van der Waals surface area contributed by atoms with Crippen LogP contribution in [0.15, 0.2) is 18.2 Å². The van der Waals surface area contributed by atoms with Crippen molar-refractivity contribution in [2.24, 2.45) is 0 Å². The van der Waals surface area contributed by atoms with Crippen LogP contribution in [-0.2, 0) is 11.3 Å². The summed E-state index contributed by atoms with van der Waals surface area (Å²) in [6.45, 7) is 5.31. The van der Waals surface area contributed by atoms with Crippen LogP contribution in [0, 0.1) is 5.82 Å². The molecule has 1 atom stereocenters. The number of hydrogen-bond acceptors (Lipinski definition) is 3. The average Bonchev–Trinajstić information content (AvgIpc) is 2.45. The molecule has 1 aliphatic rings. The Morgan fingerprint density at radius 2 is 2.33 bits per heavy atom. The first kappa shape index (κ1) is 15.9. The fourth-order valence-electron chi connectivity index (χ4n) is 2.67. The molecule has 1 aromatic carbocycles. The number of benzene rings is 1. The molecule has 0 radical (unpaired) electrons. The smallest absolute Gasteiger partial charge is 0.338 e. The van der Waals surface area contributed by atoms with Crippen molar-refractivity contribution in [1.82, 2.24) is 4.90 Å². The third kappa shape index (κ3) is 4.51. The topological polar surface area (TPSA) is 49.8 Å². The van der Waals surface area contributed by atoms with Crippen molar-refractivity contribution >= 4 is 5.97 Å². The second-order valence-electron chi connectivity index (χ2n) is 5.49. The highest BCUT2D eigenvalue weighted by molar-refractivity contribution is 5.87. The van der Waals surface area contributed by atoms with E-state index in [1.807, 2.05) is 0 Å². The standard InChI is InChI=1S/C16H22FNO3/c1-2-8-21-13-4-3-7-18(11-13)10-12-5-6-14(16(19)20)15(17)9-12/h5-6,9,13H,2-4,7-8,10-11H2,1H3,(H,19,20). The summed E-state index contributed by atoms with van der Waals surface area (Å²) in [6, 6.07) is 4.34. The van der Waals surface area contributed by atoms with Gasteiger partial charge in [0, 0.05) is 19.7 Å². The third-order valence-electron chi connectivity index (χ3n) is 3.69. The highest BCUT2D eigenvalue weighted by Crippen LogP contribution is 2.18. The second kappa shape index (κ2) is 7.52. The summed E-state index contributed by atoms with van der Waals surface area (Å²) in [7, 11) is 0. The number of hydrogen-bond donors (Lipinski definition) is 1. The molecule has 0 aromatic heterocycles. The molecule has 21 heavy (non-hydrogen) atoms. The molecule has 1 N–H and O–H groups in total. The highest BCUT2D eigenvalue weighted by atomic mass is 19.1. The van der Waals surface area contributed by atoms with Crippen molar-refractivity contribution in [3.8, 4) is 0 Å². The van der Waals surface area contributed by atoms with E-state index in [1.54, 1.807) is 6.07 Å². The number of likely N-dealkylation sites (tertiary alicyclic amines) is 1. The molecule has 1 aromatic rings. The lowest BCUT2D eigenvalue weighted by molar-refractivity contribution is -0.00224. The molecule has 0 amide bonds. The van der Waals surface area contributed by atoms with Crippen LogP contribution in [0.5, 0.6) is 0 Å². The fraction of sp³-hybridized carbons (Fsp3) is 0.562. The van der Waals surface area contributed by atoms with E-state index in [0.29, 0.717) is 6.54 Å². The molecule has 1 aliphatic heterocycles. The van der Waals surface area contributed by atoms with Crippen molar-refractivity contribution in [2.75, 3.05) is 19.7 Å². The van der Waals surface area contributed by atoms with Crippen LogP contribution in [0.2, 0.25) is 0 Å². The van der Waals surface area contributed by atoms with Gasteiger partial charge in [0.05, 0.1) is 11.7 Å². The number of ether oxygens (including phenoxy) is 1. The lowest BCUT2D eigenvalue weighted by atomic mass is 10.1. The zero-order valence-corrected chi connectivity index (χ0v) is 12.3. The number of halogens is 1. The molecular formula is C16H22FNO3. The van der Waals surface area contributed by atoms with Crippen molar-refractivity contribution in [1.29, 1.82) is 0 Å². The minimum atomic E-state index is -1.23. The van der Waals surface area contributed by atoms with E-state index in [1.165, 1.54) is 12.1 Å². The number of carbonyl (C=O) groups is 1. The van der Waals surface area contributed by atoms with Gasteiger partial charge in [-0.2, -0.15) is 0 Å². The molecule has 0 saturated carbocycles. The molecule has 4 nitrogen and oxygen atoms in total. The molecule has 1 heterocycles. The predicted molar refractivity (Wildman–Crippen MR) is 77.9 cm³/mol. The van der Waals surface area contributed by atoms with Crippen LogP contribution in [0.25, 0.3) is 0 Å². The van der Waals surface area contributed by atoms with E-state index in [2.05, 4.69) is 11.8 Å². The lowest BCUT2D eigenvalue weighted by Crippen LogP contribution is -2.39. The Balaban J connectivity index is 1.94. The Hall–Kier alpha value is -1.46. The number of nitrogens with zero attached hydrogens (tertiary/aromatic N) is 1. The van der Waals surface area contributed by atoms with Gasteiger partial charge in [0.1, 0.15) is 5.82 Å². The Morgan fingerprint density at radius 3 is 3.00 bits per heavy atom. The van der Waals surface area contributed by atoms with Gasteiger partial charge in [0.2, 0.25) is 0 Å². The zero-order chi connectivity index (χ0) is 15.2. The molecule has 5 heteroatoms. The number of rotatable bonds is 6.